The monoisotopic (exact) mass is 440 g/mol. The zero-order valence-corrected chi connectivity index (χ0v) is 20.1. The molecule has 172 valence electrons. The highest BCUT2D eigenvalue weighted by Crippen LogP contribution is 2.38. The van der Waals surface area contributed by atoms with Crippen LogP contribution >= 0.6 is 0 Å². The second-order valence-corrected chi connectivity index (χ2v) is 9.88. The van der Waals surface area contributed by atoms with Gasteiger partial charge in [0.2, 0.25) is 0 Å². The maximum Gasteiger partial charge on any atom is 0.130 e. The summed E-state index contributed by atoms with van der Waals surface area (Å²) in [5.41, 5.74) is 5.64. The van der Waals surface area contributed by atoms with E-state index in [9.17, 15) is 4.39 Å². The molecule has 0 nitrogen and oxygen atoms in total. The lowest BCUT2D eigenvalue weighted by molar-refractivity contribution is 0.308. The molecule has 0 heterocycles. The Morgan fingerprint density at radius 1 is 0.879 bits per heavy atom. The first kappa shape index (κ1) is 23.5. The average molecular weight is 441 g/mol. The van der Waals surface area contributed by atoms with Crippen LogP contribution in [0.25, 0.3) is 12.2 Å². The van der Waals surface area contributed by atoms with Crippen molar-refractivity contribution in [1.29, 1.82) is 0 Å². The predicted molar refractivity (Wildman–Crippen MR) is 140 cm³/mol. The fourth-order valence-corrected chi connectivity index (χ4v) is 5.33. The van der Waals surface area contributed by atoms with Gasteiger partial charge in [0, 0.05) is 5.56 Å². The Hall–Kier alpha value is -2.67. The third-order valence-corrected chi connectivity index (χ3v) is 7.39. The van der Waals surface area contributed by atoms with E-state index in [1.807, 2.05) is 18.2 Å². The molecule has 0 amide bonds. The number of hydrogen-bond acceptors (Lipinski definition) is 0. The Morgan fingerprint density at radius 2 is 1.61 bits per heavy atom. The largest absolute Gasteiger partial charge is 0.206 e. The summed E-state index contributed by atoms with van der Waals surface area (Å²) in [6, 6.07) is 25.2. The van der Waals surface area contributed by atoms with Gasteiger partial charge in [-0.2, -0.15) is 0 Å². The van der Waals surface area contributed by atoms with Crippen LogP contribution in [0.4, 0.5) is 4.39 Å². The fraction of sp³-hybridized carbons (Fsp3) is 0.375. The van der Waals surface area contributed by atoms with Crippen LogP contribution in [0.1, 0.15) is 92.0 Å². The first-order chi connectivity index (χ1) is 16.1. The summed E-state index contributed by atoms with van der Waals surface area (Å²) in [7, 11) is 0. The highest BCUT2D eigenvalue weighted by Gasteiger charge is 2.22. The van der Waals surface area contributed by atoms with Gasteiger partial charge in [0.05, 0.1) is 0 Å². The molecule has 1 heteroatoms. The summed E-state index contributed by atoms with van der Waals surface area (Å²) in [6.07, 6.45) is 12.5. The van der Waals surface area contributed by atoms with Gasteiger partial charge in [0.15, 0.2) is 0 Å². The zero-order valence-electron chi connectivity index (χ0n) is 20.1. The van der Waals surface area contributed by atoms with Gasteiger partial charge in [-0.15, -0.1) is 0 Å². The Labute approximate surface area is 199 Å². The molecule has 0 unspecified atom stereocenters. The van der Waals surface area contributed by atoms with Gasteiger partial charge in [0.25, 0.3) is 0 Å². The molecular weight excluding hydrogens is 403 g/mol. The first-order valence-electron chi connectivity index (χ1n) is 12.7. The van der Waals surface area contributed by atoms with Gasteiger partial charge in [-0.05, 0) is 78.2 Å². The summed E-state index contributed by atoms with van der Waals surface area (Å²) in [5, 5.41) is 0. The summed E-state index contributed by atoms with van der Waals surface area (Å²) < 4.78 is 14.8. The fourth-order valence-electron chi connectivity index (χ4n) is 5.33. The van der Waals surface area contributed by atoms with Gasteiger partial charge < -0.3 is 0 Å². The Morgan fingerprint density at radius 3 is 2.27 bits per heavy atom. The molecule has 1 aliphatic carbocycles. The van der Waals surface area contributed by atoms with Gasteiger partial charge in [-0.25, -0.2) is 4.39 Å². The third kappa shape index (κ3) is 6.44. The number of hydrogen-bond donors (Lipinski definition) is 0. The highest BCUT2D eigenvalue weighted by atomic mass is 19.1. The first-order valence-corrected chi connectivity index (χ1v) is 12.7. The minimum absolute atomic E-state index is 0.104. The van der Waals surface area contributed by atoms with Crippen molar-refractivity contribution in [3.05, 3.63) is 106 Å². The van der Waals surface area contributed by atoms with Crippen LogP contribution in [0, 0.1) is 11.7 Å². The molecule has 33 heavy (non-hydrogen) atoms. The lowest BCUT2D eigenvalue weighted by Gasteiger charge is -2.28. The molecule has 0 spiro atoms. The van der Waals surface area contributed by atoms with Gasteiger partial charge in [-0.3, -0.25) is 0 Å². The number of halogens is 1. The molecule has 0 aliphatic heterocycles. The third-order valence-electron chi connectivity index (χ3n) is 7.39. The minimum Gasteiger partial charge on any atom is -0.206 e. The number of benzene rings is 3. The average Bonchev–Trinajstić information content (AvgIpc) is 2.85. The molecule has 1 fully saturated rings. The molecule has 1 saturated carbocycles. The molecule has 3 aromatic carbocycles. The Kier molecular flexibility index (Phi) is 8.15. The number of rotatable bonds is 8. The maximum absolute atomic E-state index is 14.8. The normalized spacial score (nSPS) is 19.6. The summed E-state index contributed by atoms with van der Waals surface area (Å²) in [4.78, 5) is 0. The van der Waals surface area contributed by atoms with E-state index in [2.05, 4.69) is 74.5 Å². The standard InChI is InChI=1S/C32H37F/c1-3-7-25-14-17-29(18-15-25)31-21-20-30(32(33)23-31)19-16-26-10-12-27(13-11-26)22-24(2)28-8-5-4-6-9-28/h4-6,8-13,16,19-21,23-25,29H,3,7,14-15,17-18,22H2,1-2H3/t24-,25?,29?/m0/s1. The van der Waals surface area contributed by atoms with Crippen LogP contribution in [-0.2, 0) is 6.42 Å². The quantitative estimate of drug-likeness (QED) is 0.306. The van der Waals surface area contributed by atoms with Crippen molar-refractivity contribution in [1.82, 2.24) is 0 Å². The van der Waals surface area contributed by atoms with Gasteiger partial charge >= 0.3 is 0 Å². The van der Waals surface area contributed by atoms with Crippen LogP contribution in [0.5, 0.6) is 0 Å². The van der Waals surface area contributed by atoms with Crippen molar-refractivity contribution in [2.75, 3.05) is 0 Å². The topological polar surface area (TPSA) is 0 Å². The van der Waals surface area contributed by atoms with Crippen molar-refractivity contribution < 1.29 is 4.39 Å². The van der Waals surface area contributed by atoms with E-state index >= 15 is 0 Å². The Balaban J connectivity index is 1.35. The van der Waals surface area contributed by atoms with E-state index in [-0.39, 0.29) is 5.82 Å². The molecule has 1 atom stereocenters. The molecule has 0 bridgehead atoms. The summed E-state index contributed by atoms with van der Waals surface area (Å²) >= 11 is 0. The van der Waals surface area contributed by atoms with E-state index in [4.69, 9.17) is 0 Å². The van der Waals surface area contributed by atoms with Crippen molar-refractivity contribution in [2.45, 2.75) is 70.6 Å². The van der Waals surface area contributed by atoms with E-state index in [1.165, 1.54) is 55.2 Å². The molecule has 4 rings (SSSR count). The van der Waals surface area contributed by atoms with E-state index in [0.717, 1.165) is 17.9 Å². The van der Waals surface area contributed by atoms with Crippen LogP contribution in [0.3, 0.4) is 0 Å². The Bertz CT molecular complexity index is 1020. The zero-order chi connectivity index (χ0) is 23.0. The van der Waals surface area contributed by atoms with Crippen LogP contribution < -0.4 is 0 Å². The summed E-state index contributed by atoms with van der Waals surface area (Å²) in [5.74, 6) is 1.79. The molecule has 0 radical (unpaired) electrons. The van der Waals surface area contributed by atoms with Crippen LogP contribution in [0.15, 0.2) is 72.8 Å². The molecule has 1 aliphatic rings. The summed E-state index contributed by atoms with van der Waals surface area (Å²) in [6.45, 7) is 4.54. The molecule has 0 aromatic heterocycles. The van der Waals surface area contributed by atoms with Crippen LogP contribution in [-0.4, -0.2) is 0 Å². The highest BCUT2D eigenvalue weighted by molar-refractivity contribution is 5.70. The van der Waals surface area contributed by atoms with Gasteiger partial charge in [0.1, 0.15) is 5.82 Å². The van der Waals surface area contributed by atoms with Crippen LogP contribution in [0.2, 0.25) is 0 Å². The maximum atomic E-state index is 14.8. The van der Waals surface area contributed by atoms with Gasteiger partial charge in [-0.1, -0.05) is 106 Å². The van der Waals surface area contributed by atoms with Crippen molar-refractivity contribution in [2.24, 2.45) is 5.92 Å². The van der Waals surface area contributed by atoms with Crippen molar-refractivity contribution in [3.8, 4) is 0 Å². The molecule has 0 N–H and O–H groups in total. The second kappa shape index (κ2) is 11.5. The SMILES string of the molecule is CCCC1CCC(c2ccc(C=Cc3ccc(C[C@H](C)c4ccccc4)cc3)c(F)c2)CC1. The molecule has 3 aromatic rings. The lowest BCUT2D eigenvalue weighted by Crippen LogP contribution is -2.13. The molecule has 0 saturated heterocycles. The van der Waals surface area contributed by atoms with Crippen molar-refractivity contribution >= 4 is 12.2 Å². The second-order valence-electron chi connectivity index (χ2n) is 9.88. The van der Waals surface area contributed by atoms with E-state index in [0.29, 0.717) is 17.4 Å². The van der Waals surface area contributed by atoms with E-state index < -0.39 is 0 Å². The lowest BCUT2D eigenvalue weighted by atomic mass is 9.77. The smallest absolute Gasteiger partial charge is 0.130 e. The molecular formula is C32H37F. The minimum atomic E-state index is -0.104. The van der Waals surface area contributed by atoms with Crippen molar-refractivity contribution in [3.63, 3.8) is 0 Å². The van der Waals surface area contributed by atoms with E-state index in [1.54, 1.807) is 6.07 Å². The predicted octanol–water partition coefficient (Wildman–Crippen LogP) is 9.42.